The Morgan fingerprint density at radius 3 is 1.67 bits per heavy atom. The number of hydroxylamine groups is 3. The lowest BCUT2D eigenvalue weighted by atomic mass is 9.86. The molecule has 1 rings (SSSR count). The van der Waals surface area contributed by atoms with E-state index in [2.05, 4.69) is 65.7 Å². The minimum absolute atomic E-state index is 0.0528. The van der Waals surface area contributed by atoms with Gasteiger partial charge in [0.2, 0.25) is 0 Å². The van der Waals surface area contributed by atoms with Crippen LogP contribution in [0.25, 0.3) is 0 Å². The van der Waals surface area contributed by atoms with Gasteiger partial charge in [0.15, 0.2) is 0 Å². The van der Waals surface area contributed by atoms with Crippen LogP contribution < -0.4 is 5.06 Å². The van der Waals surface area contributed by atoms with Crippen molar-refractivity contribution < 1.29 is 9.68 Å². The Kier molecular flexibility index (Phi) is 6.85. The number of rotatable bonds is 8. The molecule has 0 aromatic heterocycles. The fourth-order valence-electron chi connectivity index (χ4n) is 3.51. The molecule has 0 atom stereocenters. The second kappa shape index (κ2) is 7.85. The molecule has 0 bridgehead atoms. The highest BCUT2D eigenvalue weighted by atomic mass is 16.7. The maximum absolute atomic E-state index is 5.71. The Labute approximate surface area is 148 Å². The van der Waals surface area contributed by atoms with Crippen LogP contribution in [0.1, 0.15) is 61.3 Å². The Morgan fingerprint density at radius 1 is 0.750 bits per heavy atom. The van der Waals surface area contributed by atoms with Gasteiger partial charge in [0.05, 0.1) is 25.4 Å². The van der Waals surface area contributed by atoms with E-state index in [-0.39, 0.29) is 16.6 Å². The molecule has 1 aromatic carbocycles. The van der Waals surface area contributed by atoms with E-state index in [0.717, 1.165) is 18.5 Å². The van der Waals surface area contributed by atoms with Gasteiger partial charge >= 0.3 is 0 Å². The lowest BCUT2D eigenvalue weighted by molar-refractivity contribution is -0.245. The molecule has 0 saturated heterocycles. The molecule has 0 spiro atoms. The molecule has 0 heterocycles. The summed E-state index contributed by atoms with van der Waals surface area (Å²) in [6.07, 6.45) is 1.95. The fraction of sp³-hybridized carbons (Fsp3) is 0.700. The lowest BCUT2D eigenvalue weighted by Gasteiger charge is -2.47. The van der Waals surface area contributed by atoms with Crippen molar-refractivity contribution in [2.45, 2.75) is 77.9 Å². The van der Waals surface area contributed by atoms with Gasteiger partial charge in [-0.05, 0) is 73.4 Å². The molecular formula is C20H36N2O2. The lowest BCUT2D eigenvalue weighted by Crippen LogP contribution is -2.54. The zero-order chi connectivity index (χ0) is 18.6. The van der Waals surface area contributed by atoms with Crippen molar-refractivity contribution in [3.63, 3.8) is 0 Å². The number of benzene rings is 1. The normalized spacial score (nSPS) is 13.4. The van der Waals surface area contributed by atoms with Gasteiger partial charge in [-0.15, -0.1) is 0 Å². The molecule has 0 radical (unpaired) electrons. The Balaban J connectivity index is 2.89. The molecule has 0 unspecified atom stereocenters. The molecule has 0 fully saturated rings. The minimum atomic E-state index is -0.134. The average molecular weight is 337 g/mol. The Morgan fingerprint density at radius 2 is 1.25 bits per heavy atom. The molecule has 0 aliphatic carbocycles. The van der Waals surface area contributed by atoms with Gasteiger partial charge in [-0.3, -0.25) is 4.84 Å². The molecule has 0 aliphatic heterocycles. The molecular weight excluding hydrogens is 300 g/mol. The van der Waals surface area contributed by atoms with E-state index in [1.165, 1.54) is 0 Å². The van der Waals surface area contributed by atoms with E-state index in [9.17, 15) is 0 Å². The van der Waals surface area contributed by atoms with Crippen molar-refractivity contribution in [2.75, 3.05) is 19.3 Å². The molecule has 0 amide bonds. The topological polar surface area (TPSA) is 24.9 Å². The minimum Gasteiger partial charge on any atom is -0.301 e. The third kappa shape index (κ3) is 5.20. The van der Waals surface area contributed by atoms with Crippen molar-refractivity contribution in [1.29, 1.82) is 0 Å². The second-order valence-electron chi connectivity index (χ2n) is 8.59. The van der Waals surface area contributed by atoms with Gasteiger partial charge < -0.3 is 4.84 Å². The van der Waals surface area contributed by atoms with Gasteiger partial charge in [-0.2, -0.15) is 5.06 Å². The number of para-hydroxylation sites is 1. The van der Waals surface area contributed by atoms with Crippen LogP contribution in [0.5, 0.6) is 0 Å². The van der Waals surface area contributed by atoms with Crippen LogP contribution in [0.15, 0.2) is 30.3 Å². The molecule has 1 aromatic rings. The highest BCUT2D eigenvalue weighted by Crippen LogP contribution is 2.34. The summed E-state index contributed by atoms with van der Waals surface area (Å²) in [7, 11) is 3.49. The predicted octanol–water partition coefficient (Wildman–Crippen LogP) is 5.05. The quantitative estimate of drug-likeness (QED) is 0.620. The number of hydrogen-bond acceptors (Lipinski definition) is 4. The zero-order valence-corrected chi connectivity index (χ0v) is 17.0. The second-order valence-corrected chi connectivity index (χ2v) is 8.59. The monoisotopic (exact) mass is 336 g/mol. The standard InChI is InChI=1S/C20H36N2O2/c1-18(2,3)22(24-9)20(6,7)16-15-19(4,5)21(23-8)17-13-11-10-12-14-17/h10-14H,15-16H2,1-9H3. The first-order chi connectivity index (χ1) is 11.0. The highest BCUT2D eigenvalue weighted by Gasteiger charge is 2.38. The van der Waals surface area contributed by atoms with E-state index in [1.54, 1.807) is 14.2 Å². The summed E-state index contributed by atoms with van der Waals surface area (Å²) >= 11 is 0. The largest absolute Gasteiger partial charge is 0.301 e. The van der Waals surface area contributed by atoms with Gasteiger partial charge in [0, 0.05) is 11.1 Å². The first-order valence-corrected chi connectivity index (χ1v) is 8.69. The first-order valence-electron chi connectivity index (χ1n) is 8.69. The average Bonchev–Trinajstić information content (AvgIpc) is 2.46. The molecule has 0 N–H and O–H groups in total. The first kappa shape index (κ1) is 20.9. The van der Waals surface area contributed by atoms with Crippen LogP contribution in [0.3, 0.4) is 0 Å². The highest BCUT2D eigenvalue weighted by molar-refractivity contribution is 5.45. The Bertz CT molecular complexity index is 492. The summed E-state index contributed by atoms with van der Waals surface area (Å²) < 4.78 is 0. The van der Waals surface area contributed by atoms with Crippen LogP contribution in [-0.2, 0) is 9.68 Å². The Hall–Kier alpha value is -1.10. The van der Waals surface area contributed by atoms with E-state index < -0.39 is 0 Å². The number of hydrogen-bond donors (Lipinski definition) is 0. The van der Waals surface area contributed by atoms with E-state index in [1.807, 2.05) is 23.3 Å². The van der Waals surface area contributed by atoms with Crippen molar-refractivity contribution >= 4 is 5.69 Å². The number of anilines is 1. The van der Waals surface area contributed by atoms with Gasteiger partial charge in [0.25, 0.3) is 0 Å². The summed E-state index contributed by atoms with van der Waals surface area (Å²) in [4.78, 5) is 11.4. The zero-order valence-electron chi connectivity index (χ0n) is 17.0. The molecule has 4 nitrogen and oxygen atoms in total. The van der Waals surface area contributed by atoms with E-state index in [0.29, 0.717) is 0 Å². The van der Waals surface area contributed by atoms with Crippen molar-refractivity contribution in [3.05, 3.63) is 30.3 Å². The molecule has 138 valence electrons. The maximum atomic E-state index is 5.71. The fourth-order valence-corrected chi connectivity index (χ4v) is 3.51. The molecule has 0 aliphatic rings. The third-order valence-electron chi connectivity index (χ3n) is 4.41. The summed E-state index contributed by atoms with van der Waals surface area (Å²) in [5, 5.41) is 4.09. The number of nitrogens with zero attached hydrogens (tertiary/aromatic N) is 2. The summed E-state index contributed by atoms with van der Waals surface area (Å²) in [5.41, 5.74) is 0.801. The molecule has 4 heteroatoms. The van der Waals surface area contributed by atoms with Crippen molar-refractivity contribution in [3.8, 4) is 0 Å². The third-order valence-corrected chi connectivity index (χ3v) is 4.41. The van der Waals surface area contributed by atoms with E-state index >= 15 is 0 Å². The van der Waals surface area contributed by atoms with E-state index in [4.69, 9.17) is 9.68 Å². The summed E-state index contributed by atoms with van der Waals surface area (Å²) in [5.74, 6) is 0. The van der Waals surface area contributed by atoms with Crippen molar-refractivity contribution in [1.82, 2.24) is 5.06 Å². The van der Waals surface area contributed by atoms with Gasteiger partial charge in [-0.1, -0.05) is 18.2 Å². The van der Waals surface area contributed by atoms with Gasteiger partial charge in [-0.25, -0.2) is 5.06 Å². The van der Waals surface area contributed by atoms with Crippen molar-refractivity contribution in [2.24, 2.45) is 0 Å². The van der Waals surface area contributed by atoms with Crippen LogP contribution in [0.2, 0.25) is 0 Å². The SMILES string of the molecule is CON(c1ccccc1)C(C)(C)CCC(C)(C)N(OC)C(C)(C)C. The molecule has 0 saturated carbocycles. The van der Waals surface area contributed by atoms with Crippen LogP contribution in [0.4, 0.5) is 5.69 Å². The van der Waals surface area contributed by atoms with Crippen LogP contribution in [-0.4, -0.2) is 35.9 Å². The van der Waals surface area contributed by atoms with Crippen LogP contribution >= 0.6 is 0 Å². The smallest absolute Gasteiger partial charge is 0.0642 e. The maximum Gasteiger partial charge on any atom is 0.0642 e. The molecule has 24 heavy (non-hydrogen) atoms. The van der Waals surface area contributed by atoms with Gasteiger partial charge in [0.1, 0.15) is 0 Å². The predicted molar refractivity (Wildman–Crippen MR) is 102 cm³/mol. The van der Waals surface area contributed by atoms with Crippen LogP contribution in [0, 0.1) is 0 Å². The summed E-state index contributed by atoms with van der Waals surface area (Å²) in [6.45, 7) is 15.4. The summed E-state index contributed by atoms with van der Waals surface area (Å²) in [6, 6.07) is 10.2.